The van der Waals surface area contributed by atoms with Crippen LogP contribution in [0.2, 0.25) is 0 Å². The third kappa shape index (κ3) is 3.74. The van der Waals surface area contributed by atoms with Crippen molar-refractivity contribution in [3.8, 4) is 0 Å². The average Bonchev–Trinajstić information content (AvgIpc) is 2.62. The Labute approximate surface area is 141 Å². The summed E-state index contributed by atoms with van der Waals surface area (Å²) in [6, 6.07) is 14.6. The zero-order valence-corrected chi connectivity index (χ0v) is 13.8. The number of ether oxygens (including phenoxy) is 1. The van der Waals surface area contributed by atoms with Gasteiger partial charge in [-0.1, -0.05) is 24.3 Å². The molecule has 1 saturated heterocycles. The fourth-order valence-corrected chi connectivity index (χ4v) is 3.55. The van der Waals surface area contributed by atoms with Crippen LogP contribution in [0.25, 0.3) is 0 Å². The highest BCUT2D eigenvalue weighted by atomic mass is 32.2. The standard InChI is InChI=1S/C17H18N2O4S/c20-17(19-9-11-23-12-10-19)14-5-4-6-15(13-14)18-24(21,22)16-7-2-1-3-8-16/h1-8,13,18H,9-12H2. The molecule has 0 saturated carbocycles. The first-order chi connectivity index (χ1) is 11.6. The Hall–Kier alpha value is -2.38. The molecule has 2 aromatic carbocycles. The molecule has 24 heavy (non-hydrogen) atoms. The molecule has 0 aromatic heterocycles. The van der Waals surface area contributed by atoms with Crippen molar-refractivity contribution in [3.05, 3.63) is 60.2 Å². The molecule has 6 nitrogen and oxygen atoms in total. The number of anilines is 1. The minimum Gasteiger partial charge on any atom is -0.378 e. The van der Waals surface area contributed by atoms with Crippen LogP contribution in [0.5, 0.6) is 0 Å². The number of morpholine rings is 1. The van der Waals surface area contributed by atoms with E-state index in [2.05, 4.69) is 4.72 Å². The third-order valence-electron chi connectivity index (χ3n) is 3.71. The molecule has 126 valence electrons. The van der Waals surface area contributed by atoms with E-state index in [1.807, 2.05) is 0 Å². The second kappa shape index (κ2) is 7.02. The van der Waals surface area contributed by atoms with E-state index in [1.165, 1.54) is 12.1 Å². The Morgan fingerprint density at radius 3 is 2.42 bits per heavy atom. The van der Waals surface area contributed by atoms with Gasteiger partial charge in [0.15, 0.2) is 0 Å². The number of nitrogens with zero attached hydrogens (tertiary/aromatic N) is 1. The molecule has 0 aliphatic carbocycles. The van der Waals surface area contributed by atoms with Gasteiger partial charge < -0.3 is 9.64 Å². The minimum absolute atomic E-state index is 0.126. The summed E-state index contributed by atoms with van der Waals surface area (Å²) in [4.78, 5) is 14.4. The Kier molecular flexibility index (Phi) is 4.82. The van der Waals surface area contributed by atoms with Gasteiger partial charge in [-0.15, -0.1) is 0 Å². The highest BCUT2D eigenvalue weighted by Crippen LogP contribution is 2.18. The van der Waals surface area contributed by atoms with Gasteiger partial charge in [0, 0.05) is 24.3 Å². The van der Waals surface area contributed by atoms with Crippen molar-refractivity contribution in [2.24, 2.45) is 0 Å². The summed E-state index contributed by atoms with van der Waals surface area (Å²) < 4.78 is 32.5. The van der Waals surface area contributed by atoms with Gasteiger partial charge in [0.1, 0.15) is 0 Å². The molecule has 0 radical (unpaired) electrons. The van der Waals surface area contributed by atoms with Gasteiger partial charge in [0.2, 0.25) is 0 Å². The Morgan fingerprint density at radius 2 is 1.71 bits per heavy atom. The molecule has 1 aliphatic heterocycles. The normalized spacial score (nSPS) is 15.1. The van der Waals surface area contributed by atoms with E-state index in [0.717, 1.165) is 0 Å². The fourth-order valence-electron chi connectivity index (χ4n) is 2.48. The summed E-state index contributed by atoms with van der Waals surface area (Å²) in [6.07, 6.45) is 0. The van der Waals surface area contributed by atoms with Crippen LogP contribution in [-0.4, -0.2) is 45.5 Å². The lowest BCUT2D eigenvalue weighted by atomic mass is 10.1. The van der Waals surface area contributed by atoms with Gasteiger partial charge in [0.05, 0.1) is 18.1 Å². The Balaban J connectivity index is 1.79. The maximum absolute atomic E-state index is 12.5. The number of rotatable bonds is 4. The Bertz CT molecular complexity index is 815. The molecule has 1 fully saturated rings. The summed E-state index contributed by atoms with van der Waals surface area (Å²) in [7, 11) is -3.68. The van der Waals surface area contributed by atoms with E-state index < -0.39 is 10.0 Å². The van der Waals surface area contributed by atoms with Gasteiger partial charge in [0.25, 0.3) is 15.9 Å². The topological polar surface area (TPSA) is 75.7 Å². The summed E-state index contributed by atoms with van der Waals surface area (Å²) in [5.41, 5.74) is 0.808. The Morgan fingerprint density at radius 1 is 1.00 bits per heavy atom. The maximum Gasteiger partial charge on any atom is 0.261 e. The maximum atomic E-state index is 12.5. The van der Waals surface area contributed by atoms with E-state index in [1.54, 1.807) is 47.4 Å². The smallest absolute Gasteiger partial charge is 0.261 e. The van der Waals surface area contributed by atoms with E-state index >= 15 is 0 Å². The van der Waals surface area contributed by atoms with E-state index in [9.17, 15) is 13.2 Å². The highest BCUT2D eigenvalue weighted by molar-refractivity contribution is 7.92. The van der Waals surface area contributed by atoms with Crippen LogP contribution in [-0.2, 0) is 14.8 Å². The number of carbonyl (C=O) groups excluding carboxylic acids is 1. The molecule has 0 unspecified atom stereocenters. The second-order valence-electron chi connectivity index (χ2n) is 5.40. The van der Waals surface area contributed by atoms with E-state index in [0.29, 0.717) is 37.6 Å². The van der Waals surface area contributed by atoms with Gasteiger partial charge >= 0.3 is 0 Å². The van der Waals surface area contributed by atoms with Gasteiger partial charge in [-0.25, -0.2) is 8.42 Å². The first-order valence-electron chi connectivity index (χ1n) is 7.61. The predicted octanol–water partition coefficient (Wildman–Crippen LogP) is 1.96. The SMILES string of the molecule is O=C(c1cccc(NS(=O)(=O)c2ccccc2)c1)N1CCOCC1. The number of nitrogens with one attached hydrogen (secondary N) is 1. The minimum atomic E-state index is -3.68. The van der Waals surface area contributed by atoms with Crippen molar-refractivity contribution in [2.45, 2.75) is 4.90 Å². The third-order valence-corrected chi connectivity index (χ3v) is 5.11. The zero-order chi connectivity index (χ0) is 17.0. The molecule has 1 amide bonds. The van der Waals surface area contributed by atoms with Crippen molar-refractivity contribution >= 4 is 21.6 Å². The van der Waals surface area contributed by atoms with Crippen LogP contribution < -0.4 is 4.72 Å². The number of sulfonamides is 1. The van der Waals surface area contributed by atoms with E-state index in [4.69, 9.17) is 4.74 Å². The number of hydrogen-bond acceptors (Lipinski definition) is 4. The number of carbonyl (C=O) groups is 1. The lowest BCUT2D eigenvalue weighted by Gasteiger charge is -2.27. The van der Waals surface area contributed by atoms with Gasteiger partial charge in [-0.2, -0.15) is 0 Å². The van der Waals surface area contributed by atoms with E-state index in [-0.39, 0.29) is 10.8 Å². The fraction of sp³-hybridized carbons (Fsp3) is 0.235. The van der Waals surface area contributed by atoms with Crippen molar-refractivity contribution in [1.29, 1.82) is 0 Å². The number of hydrogen-bond donors (Lipinski definition) is 1. The van der Waals surface area contributed by atoms with Gasteiger partial charge in [-0.05, 0) is 30.3 Å². The first-order valence-corrected chi connectivity index (χ1v) is 9.09. The molecular formula is C17H18N2O4S. The highest BCUT2D eigenvalue weighted by Gasteiger charge is 2.19. The van der Waals surface area contributed by atoms with Crippen molar-refractivity contribution in [1.82, 2.24) is 4.90 Å². The summed E-state index contributed by atoms with van der Waals surface area (Å²) in [6.45, 7) is 2.12. The van der Waals surface area contributed by atoms with Crippen molar-refractivity contribution < 1.29 is 17.9 Å². The molecule has 0 spiro atoms. The number of benzene rings is 2. The molecule has 7 heteroatoms. The predicted molar refractivity (Wildman–Crippen MR) is 90.4 cm³/mol. The van der Waals surface area contributed by atoms with Crippen molar-refractivity contribution in [3.63, 3.8) is 0 Å². The lowest BCUT2D eigenvalue weighted by molar-refractivity contribution is 0.0303. The number of amides is 1. The lowest BCUT2D eigenvalue weighted by Crippen LogP contribution is -2.40. The van der Waals surface area contributed by atoms with Crippen molar-refractivity contribution in [2.75, 3.05) is 31.0 Å². The van der Waals surface area contributed by atoms with Crippen LogP contribution >= 0.6 is 0 Å². The molecular weight excluding hydrogens is 328 g/mol. The van der Waals surface area contributed by atoms with Crippen LogP contribution in [0.1, 0.15) is 10.4 Å². The molecule has 2 aromatic rings. The van der Waals surface area contributed by atoms with Crippen LogP contribution in [0, 0.1) is 0 Å². The second-order valence-corrected chi connectivity index (χ2v) is 7.09. The summed E-state index contributed by atoms with van der Waals surface area (Å²) >= 11 is 0. The molecule has 1 heterocycles. The molecule has 0 bridgehead atoms. The monoisotopic (exact) mass is 346 g/mol. The zero-order valence-electron chi connectivity index (χ0n) is 13.0. The average molecular weight is 346 g/mol. The van der Waals surface area contributed by atoms with Gasteiger partial charge in [-0.3, -0.25) is 9.52 Å². The molecule has 1 aliphatic rings. The molecule has 1 N–H and O–H groups in total. The summed E-state index contributed by atoms with van der Waals surface area (Å²) in [5, 5.41) is 0. The first kappa shape index (κ1) is 16.5. The summed E-state index contributed by atoms with van der Waals surface area (Å²) in [5.74, 6) is -0.126. The van der Waals surface area contributed by atoms with Crippen LogP contribution in [0.4, 0.5) is 5.69 Å². The molecule has 3 rings (SSSR count). The van der Waals surface area contributed by atoms with Crippen LogP contribution in [0.15, 0.2) is 59.5 Å². The largest absolute Gasteiger partial charge is 0.378 e. The van der Waals surface area contributed by atoms with Crippen LogP contribution in [0.3, 0.4) is 0 Å². The quantitative estimate of drug-likeness (QED) is 0.918. The molecule has 0 atom stereocenters.